The van der Waals surface area contributed by atoms with E-state index in [4.69, 9.17) is 15.2 Å². The van der Waals surface area contributed by atoms with E-state index in [2.05, 4.69) is 25.1 Å². The zero-order chi connectivity index (χ0) is 29.7. The van der Waals surface area contributed by atoms with E-state index in [1.807, 2.05) is 0 Å². The summed E-state index contributed by atoms with van der Waals surface area (Å²) in [5, 5.41) is 4.61. The number of carbonyl (C=O) groups excluding carboxylic acids is 1. The molecule has 0 saturated heterocycles. The molecule has 0 bridgehead atoms. The minimum Gasteiger partial charge on any atom is -0.464 e. The van der Waals surface area contributed by atoms with E-state index < -0.39 is 55.0 Å². The third-order valence-electron chi connectivity index (χ3n) is 5.68. The summed E-state index contributed by atoms with van der Waals surface area (Å²) in [5.41, 5.74) is 4.40. The molecule has 2 unspecified atom stereocenters. The Morgan fingerprint density at radius 2 is 1.95 bits per heavy atom. The van der Waals surface area contributed by atoms with Gasteiger partial charge in [-0.05, 0) is 44.9 Å². The molecule has 2 heterocycles. The number of nitrogens with two attached hydrogens (primary N) is 1. The molecule has 0 aliphatic heterocycles. The van der Waals surface area contributed by atoms with Gasteiger partial charge in [-0.3, -0.25) is 9.36 Å². The van der Waals surface area contributed by atoms with Crippen molar-refractivity contribution in [2.75, 3.05) is 18.7 Å². The molecule has 0 aliphatic carbocycles. The second kappa shape index (κ2) is 12.6. The molecule has 0 fully saturated rings. The van der Waals surface area contributed by atoms with Crippen molar-refractivity contribution in [3.63, 3.8) is 0 Å². The summed E-state index contributed by atoms with van der Waals surface area (Å²) >= 11 is 0. The van der Waals surface area contributed by atoms with Crippen LogP contribution in [0, 0.1) is 5.82 Å². The maximum atomic E-state index is 14.2. The average molecular weight is 590 g/mol. The van der Waals surface area contributed by atoms with Gasteiger partial charge >= 0.3 is 12.1 Å². The fraction of sp³-hybridized carbons (Fsp3) is 0.500. The molecule has 0 amide bonds. The molecule has 0 radical (unpaired) electrons. The number of ether oxygens (including phenoxy) is 2. The van der Waals surface area contributed by atoms with Crippen LogP contribution in [0.25, 0.3) is 11.2 Å². The monoisotopic (exact) mass is 589 g/mol. The van der Waals surface area contributed by atoms with Crippen LogP contribution in [0.5, 0.6) is 0 Å². The molecule has 0 aliphatic rings. The number of aromatic nitrogens is 4. The van der Waals surface area contributed by atoms with Crippen LogP contribution in [-0.4, -0.2) is 56.3 Å². The van der Waals surface area contributed by atoms with Crippen LogP contribution in [0.4, 0.5) is 23.4 Å². The number of fused-ring (bicyclic) bond motifs is 1. The molecular weight excluding hydrogens is 557 g/mol. The van der Waals surface area contributed by atoms with Crippen molar-refractivity contribution in [2.24, 2.45) is 0 Å². The Bertz CT molecular complexity index is 1370. The Balaban J connectivity index is 1.87. The fourth-order valence-corrected chi connectivity index (χ4v) is 6.17. The maximum absolute atomic E-state index is 14.2. The summed E-state index contributed by atoms with van der Waals surface area (Å²) in [5.74, 6) is -1.55. The Kier molecular flexibility index (Phi) is 9.88. The van der Waals surface area contributed by atoms with Gasteiger partial charge in [-0.15, -0.1) is 0 Å². The van der Waals surface area contributed by atoms with Crippen molar-refractivity contribution in [3.8, 4) is 0 Å². The first kappa shape index (κ1) is 31.4. The number of hydrogen-bond donors (Lipinski definition) is 3. The van der Waals surface area contributed by atoms with Gasteiger partial charge in [-0.1, -0.05) is 19.1 Å². The molecule has 1 aromatic carbocycles. The second-order valence-electron chi connectivity index (χ2n) is 9.71. The van der Waals surface area contributed by atoms with Crippen molar-refractivity contribution in [1.29, 1.82) is 0 Å². The number of nitrogens with zero attached hydrogens (tertiary/aromatic N) is 4. The lowest BCUT2D eigenvalue weighted by molar-refractivity contribution is -0.153. The third-order valence-corrected chi connectivity index (χ3v) is 7.79. The molecule has 0 saturated carbocycles. The van der Waals surface area contributed by atoms with Gasteiger partial charge in [0.15, 0.2) is 11.5 Å². The van der Waals surface area contributed by atoms with E-state index >= 15 is 0 Å². The quantitative estimate of drug-likeness (QED) is 0.150. The van der Waals surface area contributed by atoms with Crippen LogP contribution < -0.4 is 15.9 Å². The lowest BCUT2D eigenvalue weighted by Crippen LogP contribution is -2.50. The highest BCUT2D eigenvalue weighted by Gasteiger charge is 2.47. The topological polar surface area (TPSA) is 146 Å². The SMILES string of the molecule is CCCOC(=O)C(C)(C)NP(=O)(COC(C)Cn1cnc2c(N)ncnc21)N[C@H](c1cccc(F)c1)C(F)(F)F. The van der Waals surface area contributed by atoms with Gasteiger partial charge in [-0.25, -0.2) is 29.5 Å². The van der Waals surface area contributed by atoms with Crippen molar-refractivity contribution in [3.05, 3.63) is 48.3 Å². The first-order chi connectivity index (χ1) is 18.6. The summed E-state index contributed by atoms with van der Waals surface area (Å²) < 4.78 is 82.8. The minimum absolute atomic E-state index is 0.0661. The second-order valence-corrected chi connectivity index (χ2v) is 11.9. The Morgan fingerprint density at radius 3 is 2.60 bits per heavy atom. The molecule has 4 N–H and O–H groups in total. The van der Waals surface area contributed by atoms with E-state index in [-0.39, 0.29) is 19.0 Å². The van der Waals surface area contributed by atoms with E-state index in [9.17, 15) is 26.9 Å². The van der Waals surface area contributed by atoms with Crippen molar-refractivity contribution >= 4 is 30.4 Å². The number of benzene rings is 1. The molecule has 3 atom stereocenters. The number of halogens is 4. The van der Waals surface area contributed by atoms with Crippen molar-refractivity contribution in [2.45, 2.75) is 64.5 Å². The molecule has 40 heavy (non-hydrogen) atoms. The third kappa shape index (κ3) is 7.96. The molecule has 11 nitrogen and oxygen atoms in total. The van der Waals surface area contributed by atoms with Crippen LogP contribution in [0.2, 0.25) is 0 Å². The summed E-state index contributed by atoms with van der Waals surface area (Å²) in [7, 11) is -4.40. The summed E-state index contributed by atoms with van der Waals surface area (Å²) in [6, 6.07) is 1.31. The molecular formula is C24H32F4N7O4P. The number of esters is 1. The van der Waals surface area contributed by atoms with Gasteiger partial charge in [0.1, 0.15) is 35.6 Å². The van der Waals surface area contributed by atoms with E-state index in [0.29, 0.717) is 23.7 Å². The van der Waals surface area contributed by atoms with Gasteiger partial charge in [0, 0.05) is 0 Å². The Hall–Kier alpha value is -3.13. The molecule has 16 heteroatoms. The highest BCUT2D eigenvalue weighted by atomic mass is 31.2. The first-order valence-corrected chi connectivity index (χ1v) is 14.2. The zero-order valence-electron chi connectivity index (χ0n) is 22.4. The zero-order valence-corrected chi connectivity index (χ0v) is 23.3. The van der Waals surface area contributed by atoms with Crippen molar-refractivity contribution in [1.82, 2.24) is 29.7 Å². The summed E-state index contributed by atoms with van der Waals surface area (Å²) in [6.45, 7) is 6.23. The number of hydrogen-bond acceptors (Lipinski definition) is 8. The van der Waals surface area contributed by atoms with E-state index in [1.54, 1.807) is 18.4 Å². The number of carbonyl (C=O) groups is 1. The normalized spacial score (nSPS) is 15.5. The molecule has 0 spiro atoms. The lowest BCUT2D eigenvalue weighted by Gasteiger charge is -2.34. The Labute approximate surface area is 228 Å². The van der Waals surface area contributed by atoms with Gasteiger partial charge in [0.05, 0.1) is 25.6 Å². The highest BCUT2D eigenvalue weighted by molar-refractivity contribution is 7.59. The van der Waals surface area contributed by atoms with E-state index in [1.165, 1.54) is 26.5 Å². The molecule has 220 valence electrons. The van der Waals surface area contributed by atoms with Gasteiger partial charge in [0.2, 0.25) is 7.44 Å². The fourth-order valence-electron chi connectivity index (χ4n) is 3.80. The number of imidazole rings is 1. The minimum atomic E-state index is -4.97. The van der Waals surface area contributed by atoms with E-state index in [0.717, 1.165) is 18.2 Å². The van der Waals surface area contributed by atoms with Crippen molar-refractivity contribution < 1.29 is 36.4 Å². The van der Waals surface area contributed by atoms with Crippen LogP contribution in [-0.2, 0) is 25.4 Å². The number of anilines is 1. The standard InChI is InChI=1S/C24H32F4N7O4P/c1-5-9-38-22(36)23(3,4)34-40(37,33-19(24(26,27)28)16-7-6-8-17(25)10-16)14-39-15(2)11-35-13-32-18-20(29)30-12-31-21(18)35/h6-8,10,12-13,15,19H,5,9,11,14H2,1-4H3,(H2,29,30,31)(H2,33,34,37)/t15?,19-,40?/m1/s1. The van der Waals surface area contributed by atoms with Crippen LogP contribution in [0.15, 0.2) is 36.9 Å². The number of alkyl halides is 3. The van der Waals surface area contributed by atoms with Gasteiger partial charge in [-0.2, -0.15) is 13.2 Å². The number of nitrogen functional groups attached to an aromatic ring is 1. The Morgan fingerprint density at radius 1 is 1.23 bits per heavy atom. The highest BCUT2D eigenvalue weighted by Crippen LogP contribution is 2.46. The number of nitrogens with one attached hydrogen (secondary N) is 2. The maximum Gasteiger partial charge on any atom is 0.408 e. The smallest absolute Gasteiger partial charge is 0.408 e. The summed E-state index contributed by atoms with van der Waals surface area (Å²) in [6.07, 6.45) is -3.23. The van der Waals surface area contributed by atoms with Gasteiger partial charge < -0.3 is 19.8 Å². The first-order valence-electron chi connectivity index (χ1n) is 12.3. The van der Waals surface area contributed by atoms with Gasteiger partial charge in [0.25, 0.3) is 0 Å². The molecule has 2 aromatic heterocycles. The van der Waals surface area contributed by atoms with Crippen LogP contribution >= 0.6 is 7.44 Å². The largest absolute Gasteiger partial charge is 0.464 e. The molecule has 3 aromatic rings. The lowest BCUT2D eigenvalue weighted by atomic mass is 10.1. The van der Waals surface area contributed by atoms with Crippen LogP contribution in [0.1, 0.15) is 45.7 Å². The predicted molar refractivity (Wildman–Crippen MR) is 140 cm³/mol. The summed E-state index contributed by atoms with van der Waals surface area (Å²) in [4.78, 5) is 24.8. The molecule has 3 rings (SSSR count). The predicted octanol–water partition coefficient (Wildman–Crippen LogP) is 4.32. The number of rotatable bonds is 13. The van der Waals surface area contributed by atoms with Crippen LogP contribution in [0.3, 0.4) is 0 Å². The average Bonchev–Trinajstić information content (AvgIpc) is 3.27.